The number of nitrogens with two attached hydrogens (primary N) is 1. The zero-order valence-electron chi connectivity index (χ0n) is 27.7. The molecule has 2 heterocycles. The Morgan fingerprint density at radius 2 is 1.67 bits per heavy atom. The smallest absolute Gasteiger partial charge is 0.435 e. The number of fused-ring (bicyclic) bond motifs is 1. The van der Waals surface area contributed by atoms with E-state index in [2.05, 4.69) is 31.9 Å². The van der Waals surface area contributed by atoms with Gasteiger partial charge < -0.3 is 20.5 Å². The van der Waals surface area contributed by atoms with Gasteiger partial charge in [-0.2, -0.15) is 4.99 Å². The number of anilines is 1. The maximum Gasteiger partial charge on any atom is 0.435 e. The SMILES string of the molecule is C=CCN(C(=O)OCc1ccccc1)c1cnc2n(c1=O)[C@H](C(=O)NCc1ccc(C(N)=NC(=O)OCc3ccccc3)cc1)C[C@@]2(C)N=[N+]=[N-]. The first-order chi connectivity index (χ1) is 24.6. The molecular weight excluding hydrogens is 654 g/mol. The van der Waals surface area contributed by atoms with Gasteiger partial charge in [0, 0.05) is 23.6 Å². The van der Waals surface area contributed by atoms with Crippen LogP contribution in [0, 0.1) is 0 Å². The maximum absolute atomic E-state index is 14.0. The van der Waals surface area contributed by atoms with Crippen molar-refractivity contribution in [1.29, 1.82) is 0 Å². The van der Waals surface area contributed by atoms with Crippen molar-refractivity contribution in [2.45, 2.75) is 44.7 Å². The van der Waals surface area contributed by atoms with E-state index >= 15 is 0 Å². The highest BCUT2D eigenvalue weighted by molar-refractivity contribution is 6.02. The third-order valence-corrected chi connectivity index (χ3v) is 8.09. The zero-order chi connectivity index (χ0) is 36.4. The molecule has 15 nitrogen and oxygen atoms in total. The molecule has 3 aromatic carbocycles. The molecule has 1 aromatic heterocycles. The molecule has 0 saturated carbocycles. The van der Waals surface area contributed by atoms with Crippen LogP contribution in [0.4, 0.5) is 15.3 Å². The molecule has 51 heavy (non-hydrogen) atoms. The van der Waals surface area contributed by atoms with Gasteiger partial charge in [-0.25, -0.2) is 14.6 Å². The molecule has 2 atom stereocenters. The largest absolute Gasteiger partial charge is 0.444 e. The van der Waals surface area contributed by atoms with Crippen LogP contribution >= 0.6 is 0 Å². The molecule has 0 bridgehead atoms. The van der Waals surface area contributed by atoms with Crippen LogP contribution in [-0.4, -0.2) is 40.0 Å². The van der Waals surface area contributed by atoms with Gasteiger partial charge in [0.1, 0.15) is 42.1 Å². The molecule has 0 spiro atoms. The summed E-state index contributed by atoms with van der Waals surface area (Å²) in [7, 11) is 0. The summed E-state index contributed by atoms with van der Waals surface area (Å²) in [5, 5.41) is 6.69. The van der Waals surface area contributed by atoms with E-state index in [0.29, 0.717) is 11.1 Å². The average Bonchev–Trinajstić information content (AvgIpc) is 3.45. The highest BCUT2D eigenvalue weighted by Crippen LogP contribution is 2.40. The van der Waals surface area contributed by atoms with Crippen molar-refractivity contribution in [3.8, 4) is 0 Å². The van der Waals surface area contributed by atoms with Gasteiger partial charge in [0.25, 0.3) is 5.56 Å². The Balaban J connectivity index is 1.30. The Kier molecular flexibility index (Phi) is 11.2. The summed E-state index contributed by atoms with van der Waals surface area (Å²) in [5.74, 6) is -0.505. The number of benzene rings is 3. The summed E-state index contributed by atoms with van der Waals surface area (Å²) < 4.78 is 11.8. The Labute approximate surface area is 292 Å². The van der Waals surface area contributed by atoms with Gasteiger partial charge in [-0.3, -0.25) is 19.1 Å². The molecule has 5 rings (SSSR count). The number of nitrogens with one attached hydrogen (secondary N) is 1. The quantitative estimate of drug-likeness (QED) is 0.0490. The highest BCUT2D eigenvalue weighted by atomic mass is 16.6. The van der Waals surface area contributed by atoms with Crippen LogP contribution in [0.3, 0.4) is 0 Å². The Bertz CT molecular complexity index is 2050. The number of amides is 3. The van der Waals surface area contributed by atoms with E-state index in [4.69, 9.17) is 15.2 Å². The third kappa shape index (κ3) is 8.47. The zero-order valence-corrected chi connectivity index (χ0v) is 27.7. The summed E-state index contributed by atoms with van der Waals surface area (Å²) in [6.07, 6.45) is 0.931. The minimum Gasteiger partial charge on any atom is -0.444 e. The lowest BCUT2D eigenvalue weighted by Crippen LogP contribution is -2.41. The van der Waals surface area contributed by atoms with Crippen LogP contribution < -0.4 is 21.5 Å². The van der Waals surface area contributed by atoms with Crippen molar-refractivity contribution in [1.82, 2.24) is 14.9 Å². The van der Waals surface area contributed by atoms with Crippen molar-refractivity contribution in [3.05, 3.63) is 153 Å². The molecule has 0 radical (unpaired) electrons. The topological polar surface area (TPSA) is 207 Å². The Hall–Kier alpha value is -6.73. The fourth-order valence-electron chi connectivity index (χ4n) is 5.50. The first-order valence-electron chi connectivity index (χ1n) is 15.8. The Morgan fingerprint density at radius 1 is 1.04 bits per heavy atom. The lowest BCUT2D eigenvalue weighted by Gasteiger charge is -2.22. The van der Waals surface area contributed by atoms with Crippen molar-refractivity contribution in [2.75, 3.05) is 11.4 Å². The van der Waals surface area contributed by atoms with Crippen molar-refractivity contribution < 1.29 is 23.9 Å². The lowest BCUT2D eigenvalue weighted by molar-refractivity contribution is -0.124. The monoisotopic (exact) mass is 689 g/mol. The van der Waals surface area contributed by atoms with E-state index < -0.39 is 35.2 Å². The molecule has 1 aliphatic rings. The normalized spacial score (nSPS) is 16.3. The maximum atomic E-state index is 14.0. The number of hydrogen-bond acceptors (Lipinski definition) is 8. The molecule has 0 aliphatic carbocycles. The van der Waals surface area contributed by atoms with E-state index in [9.17, 15) is 24.7 Å². The summed E-state index contributed by atoms with van der Waals surface area (Å²) in [4.78, 5) is 65.2. The molecule has 3 amide bonds. The Morgan fingerprint density at radius 3 is 2.27 bits per heavy atom. The third-order valence-electron chi connectivity index (χ3n) is 8.09. The second kappa shape index (κ2) is 16.1. The molecule has 260 valence electrons. The molecule has 3 N–H and O–H groups in total. The number of hydrogen-bond donors (Lipinski definition) is 2. The summed E-state index contributed by atoms with van der Waals surface area (Å²) in [6, 6.07) is 23.7. The van der Waals surface area contributed by atoms with E-state index in [0.717, 1.165) is 20.6 Å². The highest BCUT2D eigenvalue weighted by Gasteiger charge is 2.46. The standard InChI is InChI=1S/C36H35N9O6/c1-3-18-44(35(49)51-23-26-12-8-5-9-13-26)29-21-40-33-36(2,42-43-38)19-28(45(33)32(29)47)31(46)39-20-24-14-16-27(17-15-24)30(37)41-34(48)50-22-25-10-6-4-7-11-25/h3-17,21,28H,1,18-20,22-23H2,2H3,(H,39,46)(H2,37,41,48)/t28-,36+/m0/s1. The number of azide groups is 1. The van der Waals surface area contributed by atoms with Crippen LogP contribution in [0.5, 0.6) is 0 Å². The average molecular weight is 690 g/mol. The van der Waals surface area contributed by atoms with Crippen LogP contribution in [-0.2, 0) is 39.6 Å². The van der Waals surface area contributed by atoms with Crippen LogP contribution in [0.1, 0.15) is 47.5 Å². The number of amidine groups is 1. The van der Waals surface area contributed by atoms with Gasteiger partial charge in [-0.1, -0.05) is 96.1 Å². The van der Waals surface area contributed by atoms with Gasteiger partial charge in [0.2, 0.25) is 5.91 Å². The number of aromatic nitrogens is 2. The molecule has 1 aliphatic heterocycles. The van der Waals surface area contributed by atoms with Crippen molar-refractivity contribution >= 4 is 29.6 Å². The van der Waals surface area contributed by atoms with Gasteiger partial charge in [-0.15, -0.1) is 6.58 Å². The lowest BCUT2D eigenvalue weighted by atomic mass is 9.97. The van der Waals surface area contributed by atoms with Gasteiger partial charge >= 0.3 is 12.2 Å². The molecule has 0 saturated heterocycles. The van der Waals surface area contributed by atoms with Crippen molar-refractivity contribution in [3.63, 3.8) is 0 Å². The number of carbonyl (C=O) groups excluding carboxylic acids is 3. The first-order valence-corrected chi connectivity index (χ1v) is 15.8. The second-order valence-electron chi connectivity index (χ2n) is 11.7. The summed E-state index contributed by atoms with van der Waals surface area (Å²) >= 11 is 0. The van der Waals surface area contributed by atoms with Crippen LogP contribution in [0.2, 0.25) is 0 Å². The van der Waals surface area contributed by atoms with E-state index in [1.807, 2.05) is 48.5 Å². The number of ether oxygens (including phenoxy) is 2. The summed E-state index contributed by atoms with van der Waals surface area (Å²) in [6.45, 7) is 5.28. The molecular formula is C36H35N9O6. The molecule has 0 fully saturated rings. The fourth-order valence-corrected chi connectivity index (χ4v) is 5.50. The predicted octanol–water partition coefficient (Wildman–Crippen LogP) is 5.40. The van der Waals surface area contributed by atoms with Gasteiger partial charge in [0.15, 0.2) is 0 Å². The minimum atomic E-state index is -1.33. The van der Waals surface area contributed by atoms with Crippen LogP contribution in [0.15, 0.2) is 119 Å². The number of aliphatic imine (C=N–C) groups is 1. The number of carbonyl (C=O) groups is 3. The fraction of sp³-hybridized carbons (Fsp3) is 0.222. The number of nitrogens with zero attached hydrogens (tertiary/aromatic N) is 7. The molecule has 15 heteroatoms. The van der Waals surface area contributed by atoms with E-state index in [-0.39, 0.29) is 50.1 Å². The predicted molar refractivity (Wildman–Crippen MR) is 188 cm³/mol. The minimum absolute atomic E-state index is 0.0331. The molecule has 4 aromatic rings. The summed E-state index contributed by atoms with van der Waals surface area (Å²) in [5.41, 5.74) is 15.9. The second-order valence-corrected chi connectivity index (χ2v) is 11.7. The van der Waals surface area contributed by atoms with Crippen molar-refractivity contribution in [2.24, 2.45) is 15.8 Å². The van der Waals surface area contributed by atoms with Gasteiger partial charge in [-0.05, 0) is 35.6 Å². The van der Waals surface area contributed by atoms with Crippen LogP contribution in [0.25, 0.3) is 10.4 Å². The molecule has 0 unspecified atom stereocenters. The van der Waals surface area contributed by atoms with Gasteiger partial charge in [0.05, 0.1) is 6.20 Å². The van der Waals surface area contributed by atoms with E-state index in [1.165, 1.54) is 12.3 Å². The first kappa shape index (κ1) is 35.6. The number of rotatable bonds is 12. The van der Waals surface area contributed by atoms with E-state index in [1.54, 1.807) is 43.3 Å².